The van der Waals surface area contributed by atoms with Gasteiger partial charge in [-0.25, -0.2) is 0 Å². The van der Waals surface area contributed by atoms with Crippen LogP contribution in [0.2, 0.25) is 0 Å². The van der Waals surface area contributed by atoms with E-state index in [2.05, 4.69) is 30.5 Å². The zero-order valence-corrected chi connectivity index (χ0v) is 11.0. The second-order valence-corrected chi connectivity index (χ2v) is 3.81. The standard InChI is InChI=1S/C12H23N3O2/c1-4-13-12(10-17-7-6-16-3)11-8-14-15(5-2)9-11/h8-9,12-13H,4-7,10H2,1-3H3. The van der Waals surface area contributed by atoms with Crippen molar-refractivity contribution in [1.29, 1.82) is 0 Å². The SMILES string of the molecule is CCNC(COCCOC)c1cnn(CC)c1. The molecule has 0 fully saturated rings. The van der Waals surface area contributed by atoms with Crippen LogP contribution in [-0.4, -0.2) is 43.3 Å². The van der Waals surface area contributed by atoms with E-state index >= 15 is 0 Å². The maximum Gasteiger partial charge on any atom is 0.0701 e. The van der Waals surface area contributed by atoms with E-state index in [0.29, 0.717) is 19.8 Å². The van der Waals surface area contributed by atoms with Gasteiger partial charge in [-0.15, -0.1) is 0 Å². The van der Waals surface area contributed by atoms with E-state index in [4.69, 9.17) is 9.47 Å². The largest absolute Gasteiger partial charge is 0.382 e. The Bertz CT molecular complexity index is 302. The van der Waals surface area contributed by atoms with E-state index in [9.17, 15) is 0 Å². The second kappa shape index (κ2) is 8.22. The van der Waals surface area contributed by atoms with Crippen LogP contribution in [-0.2, 0) is 16.0 Å². The Morgan fingerprint density at radius 1 is 1.41 bits per heavy atom. The van der Waals surface area contributed by atoms with E-state index in [1.807, 2.05) is 10.9 Å². The van der Waals surface area contributed by atoms with E-state index < -0.39 is 0 Å². The lowest BCUT2D eigenvalue weighted by atomic mass is 10.2. The topological polar surface area (TPSA) is 48.3 Å². The number of methoxy groups -OCH3 is 1. The molecular formula is C12H23N3O2. The average Bonchev–Trinajstić information content (AvgIpc) is 2.82. The minimum Gasteiger partial charge on any atom is -0.382 e. The van der Waals surface area contributed by atoms with Gasteiger partial charge in [-0.2, -0.15) is 5.10 Å². The summed E-state index contributed by atoms with van der Waals surface area (Å²) in [5, 5.41) is 7.67. The van der Waals surface area contributed by atoms with E-state index in [0.717, 1.165) is 13.1 Å². The van der Waals surface area contributed by atoms with Crippen molar-refractivity contribution in [3.63, 3.8) is 0 Å². The summed E-state index contributed by atoms with van der Waals surface area (Å²) < 4.78 is 12.4. The van der Waals surface area contributed by atoms with E-state index in [-0.39, 0.29) is 6.04 Å². The molecule has 1 aromatic heterocycles. The van der Waals surface area contributed by atoms with Gasteiger partial charge in [0.2, 0.25) is 0 Å². The van der Waals surface area contributed by atoms with Crippen LogP contribution in [0.3, 0.4) is 0 Å². The highest BCUT2D eigenvalue weighted by Gasteiger charge is 2.12. The fourth-order valence-corrected chi connectivity index (χ4v) is 1.60. The van der Waals surface area contributed by atoms with Crippen molar-refractivity contribution in [2.24, 2.45) is 0 Å². The van der Waals surface area contributed by atoms with Crippen molar-refractivity contribution in [3.8, 4) is 0 Å². The molecule has 5 heteroatoms. The van der Waals surface area contributed by atoms with E-state index in [1.54, 1.807) is 7.11 Å². The molecule has 0 spiro atoms. The quantitative estimate of drug-likeness (QED) is 0.660. The van der Waals surface area contributed by atoms with Gasteiger partial charge in [0.05, 0.1) is 32.1 Å². The average molecular weight is 241 g/mol. The molecule has 1 heterocycles. The number of hydrogen-bond acceptors (Lipinski definition) is 4. The number of aryl methyl sites for hydroxylation is 1. The summed E-state index contributed by atoms with van der Waals surface area (Å²) in [5.74, 6) is 0. The fourth-order valence-electron chi connectivity index (χ4n) is 1.60. The molecule has 5 nitrogen and oxygen atoms in total. The van der Waals surface area contributed by atoms with Gasteiger partial charge in [-0.1, -0.05) is 6.92 Å². The zero-order valence-electron chi connectivity index (χ0n) is 11.0. The Hall–Kier alpha value is -0.910. The second-order valence-electron chi connectivity index (χ2n) is 3.81. The van der Waals surface area contributed by atoms with Gasteiger partial charge in [-0.3, -0.25) is 4.68 Å². The van der Waals surface area contributed by atoms with Crippen LogP contribution in [0.25, 0.3) is 0 Å². The van der Waals surface area contributed by atoms with Gasteiger partial charge >= 0.3 is 0 Å². The summed E-state index contributed by atoms with van der Waals surface area (Å²) >= 11 is 0. The molecule has 0 amide bonds. The molecule has 1 atom stereocenters. The van der Waals surface area contributed by atoms with Gasteiger partial charge in [0, 0.05) is 25.4 Å². The molecule has 0 aliphatic heterocycles. The molecular weight excluding hydrogens is 218 g/mol. The lowest BCUT2D eigenvalue weighted by molar-refractivity contribution is 0.0588. The molecule has 1 aromatic rings. The maximum absolute atomic E-state index is 5.56. The Morgan fingerprint density at radius 2 is 2.24 bits per heavy atom. The van der Waals surface area contributed by atoms with Gasteiger partial charge in [-0.05, 0) is 13.5 Å². The van der Waals surface area contributed by atoms with Crippen molar-refractivity contribution in [3.05, 3.63) is 18.0 Å². The van der Waals surface area contributed by atoms with Crippen molar-refractivity contribution < 1.29 is 9.47 Å². The summed E-state index contributed by atoms with van der Waals surface area (Å²) in [5.41, 5.74) is 1.17. The summed E-state index contributed by atoms with van der Waals surface area (Å²) in [6.07, 6.45) is 3.96. The van der Waals surface area contributed by atoms with Gasteiger partial charge < -0.3 is 14.8 Å². The van der Waals surface area contributed by atoms with E-state index in [1.165, 1.54) is 5.56 Å². The van der Waals surface area contributed by atoms with Crippen LogP contribution in [0.5, 0.6) is 0 Å². The monoisotopic (exact) mass is 241 g/mol. The van der Waals surface area contributed by atoms with Crippen LogP contribution < -0.4 is 5.32 Å². The Labute approximate surface area is 103 Å². The lowest BCUT2D eigenvalue weighted by Gasteiger charge is -2.16. The molecule has 1 N–H and O–H groups in total. The summed E-state index contributed by atoms with van der Waals surface area (Å²) in [6, 6.07) is 0.206. The first-order chi connectivity index (χ1) is 8.31. The first-order valence-corrected chi connectivity index (χ1v) is 6.14. The first kappa shape index (κ1) is 14.2. The molecule has 0 aliphatic carbocycles. The van der Waals surface area contributed by atoms with Gasteiger partial charge in [0.15, 0.2) is 0 Å². The zero-order chi connectivity index (χ0) is 12.5. The highest BCUT2D eigenvalue weighted by atomic mass is 16.5. The number of rotatable bonds is 9. The highest BCUT2D eigenvalue weighted by molar-refractivity contribution is 5.10. The molecule has 0 radical (unpaired) electrons. The molecule has 0 aromatic carbocycles. The molecule has 1 unspecified atom stereocenters. The number of nitrogens with one attached hydrogen (secondary N) is 1. The van der Waals surface area contributed by atoms with Crippen molar-refractivity contribution in [2.45, 2.75) is 26.4 Å². The molecule has 0 saturated heterocycles. The van der Waals surface area contributed by atoms with Crippen LogP contribution in [0.15, 0.2) is 12.4 Å². The molecule has 0 saturated carbocycles. The molecule has 1 rings (SSSR count). The molecule has 0 bridgehead atoms. The van der Waals surface area contributed by atoms with Crippen LogP contribution in [0, 0.1) is 0 Å². The third-order valence-electron chi connectivity index (χ3n) is 2.55. The number of ether oxygens (including phenoxy) is 2. The number of likely N-dealkylation sites (N-methyl/N-ethyl adjacent to an activating group) is 1. The Balaban J connectivity index is 2.46. The smallest absolute Gasteiger partial charge is 0.0701 e. The van der Waals surface area contributed by atoms with Crippen LogP contribution >= 0.6 is 0 Å². The minimum atomic E-state index is 0.206. The predicted octanol–water partition coefficient (Wildman–Crippen LogP) is 1.22. The normalized spacial score (nSPS) is 12.9. The van der Waals surface area contributed by atoms with Crippen molar-refractivity contribution in [1.82, 2.24) is 15.1 Å². The lowest BCUT2D eigenvalue weighted by Crippen LogP contribution is -2.25. The summed E-state index contributed by atoms with van der Waals surface area (Å²) in [4.78, 5) is 0. The first-order valence-electron chi connectivity index (χ1n) is 6.14. The predicted molar refractivity (Wildman–Crippen MR) is 67.0 cm³/mol. The van der Waals surface area contributed by atoms with Crippen molar-refractivity contribution in [2.75, 3.05) is 33.5 Å². The third kappa shape index (κ3) is 4.85. The third-order valence-corrected chi connectivity index (χ3v) is 2.55. The highest BCUT2D eigenvalue weighted by Crippen LogP contribution is 2.12. The van der Waals surface area contributed by atoms with Crippen LogP contribution in [0.4, 0.5) is 0 Å². The van der Waals surface area contributed by atoms with Gasteiger partial charge in [0.25, 0.3) is 0 Å². The molecule has 17 heavy (non-hydrogen) atoms. The molecule has 0 aliphatic rings. The Morgan fingerprint density at radius 3 is 2.82 bits per heavy atom. The number of nitrogens with zero attached hydrogens (tertiary/aromatic N) is 2. The Kier molecular flexibility index (Phi) is 6.84. The minimum absolute atomic E-state index is 0.206. The van der Waals surface area contributed by atoms with Crippen LogP contribution in [0.1, 0.15) is 25.5 Å². The number of hydrogen-bond donors (Lipinski definition) is 1. The summed E-state index contributed by atoms with van der Waals surface area (Å²) in [6.45, 7) is 7.87. The van der Waals surface area contributed by atoms with Gasteiger partial charge in [0.1, 0.15) is 0 Å². The number of aromatic nitrogens is 2. The summed E-state index contributed by atoms with van der Waals surface area (Å²) in [7, 11) is 1.68. The molecule has 98 valence electrons. The van der Waals surface area contributed by atoms with Crippen molar-refractivity contribution >= 4 is 0 Å². The fraction of sp³-hybridized carbons (Fsp3) is 0.750. The maximum atomic E-state index is 5.56.